The van der Waals surface area contributed by atoms with Gasteiger partial charge in [-0.15, -0.1) is 0 Å². The molecule has 2 rings (SSSR count). The smallest absolute Gasteiger partial charge is 0.345 e. The lowest BCUT2D eigenvalue weighted by molar-refractivity contribution is -0.165. The van der Waals surface area contributed by atoms with Crippen LogP contribution in [0.1, 0.15) is 18.0 Å². The zero-order valence-electron chi connectivity index (χ0n) is 12.0. The number of carbonyl (C=O) groups excluding carboxylic acids is 2. The molecule has 0 aliphatic carbocycles. The van der Waals surface area contributed by atoms with Gasteiger partial charge in [-0.25, -0.2) is 8.78 Å². The quantitative estimate of drug-likeness (QED) is 0.860. The number of nitrogens with one attached hydrogen (secondary N) is 1. The Labute approximate surface area is 128 Å². The van der Waals surface area contributed by atoms with Crippen molar-refractivity contribution in [3.8, 4) is 0 Å². The molecular weight excluding hydrogens is 323 g/mol. The minimum absolute atomic E-state index is 0.0466. The van der Waals surface area contributed by atoms with Gasteiger partial charge in [0.15, 0.2) is 6.04 Å². The summed E-state index contributed by atoms with van der Waals surface area (Å²) in [5.41, 5.74) is -1.27. The van der Waals surface area contributed by atoms with Gasteiger partial charge in [-0.1, -0.05) is 6.07 Å². The lowest BCUT2D eigenvalue weighted by Gasteiger charge is -2.24. The number of hydrogen-bond donors (Lipinski definition) is 1. The molecule has 0 bridgehead atoms. The minimum atomic E-state index is -5.09. The molecule has 1 N–H and O–H groups in total. The summed E-state index contributed by atoms with van der Waals surface area (Å²) in [6.07, 6.45) is -5.33. The molecule has 0 unspecified atom stereocenters. The van der Waals surface area contributed by atoms with Crippen molar-refractivity contribution in [3.05, 3.63) is 35.4 Å². The van der Waals surface area contributed by atoms with Crippen molar-refractivity contribution in [2.24, 2.45) is 5.92 Å². The molecule has 1 saturated heterocycles. The Morgan fingerprint density at radius 1 is 1.30 bits per heavy atom. The number of halogens is 5. The molecule has 1 fully saturated rings. The summed E-state index contributed by atoms with van der Waals surface area (Å²) in [5.74, 6) is -5.27. The van der Waals surface area contributed by atoms with Gasteiger partial charge in [0.2, 0.25) is 11.8 Å². The van der Waals surface area contributed by atoms with Crippen LogP contribution in [0.5, 0.6) is 0 Å². The van der Waals surface area contributed by atoms with E-state index in [0.29, 0.717) is 12.1 Å². The summed E-state index contributed by atoms with van der Waals surface area (Å²) in [5, 5.41) is 1.62. The van der Waals surface area contributed by atoms with Gasteiger partial charge in [0.1, 0.15) is 11.6 Å². The van der Waals surface area contributed by atoms with Crippen molar-refractivity contribution in [2.45, 2.75) is 18.6 Å². The zero-order chi connectivity index (χ0) is 17.4. The molecule has 23 heavy (non-hydrogen) atoms. The average molecular weight is 336 g/mol. The average Bonchev–Trinajstić information content (AvgIpc) is 2.76. The molecular formula is C14H13F5N2O2. The molecule has 1 aliphatic heterocycles. The number of alkyl halides is 3. The van der Waals surface area contributed by atoms with Crippen molar-refractivity contribution in [3.63, 3.8) is 0 Å². The first-order valence-corrected chi connectivity index (χ1v) is 6.66. The highest BCUT2D eigenvalue weighted by Gasteiger charge is 2.46. The Morgan fingerprint density at radius 2 is 1.87 bits per heavy atom. The summed E-state index contributed by atoms with van der Waals surface area (Å²) in [4.78, 5) is 24.5. The van der Waals surface area contributed by atoms with Crippen LogP contribution in [0.2, 0.25) is 0 Å². The fourth-order valence-corrected chi connectivity index (χ4v) is 2.40. The van der Waals surface area contributed by atoms with E-state index >= 15 is 0 Å². The summed E-state index contributed by atoms with van der Waals surface area (Å²) in [7, 11) is 1.41. The summed E-state index contributed by atoms with van der Waals surface area (Å²) in [6.45, 7) is -0.0466. The predicted octanol–water partition coefficient (Wildman–Crippen LogP) is 2.16. The second-order valence-electron chi connectivity index (χ2n) is 5.29. The number of amides is 2. The molecule has 126 valence electrons. The maximum absolute atomic E-state index is 13.6. The number of hydrogen-bond acceptors (Lipinski definition) is 2. The normalized spacial score (nSPS) is 19.8. The van der Waals surface area contributed by atoms with Crippen molar-refractivity contribution in [1.82, 2.24) is 10.2 Å². The molecule has 1 aliphatic rings. The highest BCUT2D eigenvalue weighted by atomic mass is 19.4. The van der Waals surface area contributed by atoms with Crippen LogP contribution in [0.4, 0.5) is 22.0 Å². The van der Waals surface area contributed by atoms with Crippen LogP contribution in [0, 0.1) is 17.6 Å². The number of carbonyl (C=O) groups is 2. The van der Waals surface area contributed by atoms with Gasteiger partial charge in [0.25, 0.3) is 0 Å². The Morgan fingerprint density at radius 3 is 2.30 bits per heavy atom. The van der Waals surface area contributed by atoms with E-state index in [0.717, 1.165) is 6.07 Å². The molecule has 1 aromatic carbocycles. The Kier molecular flexibility index (Phi) is 4.58. The standard InChI is InChI=1S/C14H13F5N2O2/c1-21-6-7(5-10(21)22)13(23)20-12(14(17,18)19)11-8(15)3-2-4-9(11)16/h2-4,7,12H,5-6H2,1H3,(H,20,23)/t7-,12-/m0/s1. The fraction of sp³-hybridized carbons (Fsp3) is 0.429. The van der Waals surface area contributed by atoms with Crippen molar-refractivity contribution in [2.75, 3.05) is 13.6 Å². The van der Waals surface area contributed by atoms with Crippen molar-refractivity contribution < 1.29 is 31.5 Å². The van der Waals surface area contributed by atoms with Gasteiger partial charge in [-0.2, -0.15) is 13.2 Å². The van der Waals surface area contributed by atoms with Crippen LogP contribution in [0.3, 0.4) is 0 Å². The van der Waals surface area contributed by atoms with Crippen molar-refractivity contribution >= 4 is 11.8 Å². The highest BCUT2D eigenvalue weighted by Crippen LogP contribution is 2.36. The van der Waals surface area contributed by atoms with Gasteiger partial charge in [0.05, 0.1) is 11.5 Å². The second kappa shape index (κ2) is 6.13. The van der Waals surface area contributed by atoms with Crippen LogP contribution in [0.15, 0.2) is 18.2 Å². The van der Waals surface area contributed by atoms with Crippen LogP contribution >= 0.6 is 0 Å². The van der Waals surface area contributed by atoms with E-state index in [1.807, 2.05) is 0 Å². The molecule has 0 radical (unpaired) electrons. The monoisotopic (exact) mass is 336 g/mol. The van der Waals surface area contributed by atoms with E-state index in [-0.39, 0.29) is 18.9 Å². The van der Waals surface area contributed by atoms with E-state index < -0.39 is 41.2 Å². The molecule has 9 heteroatoms. The number of benzene rings is 1. The summed E-state index contributed by atoms with van der Waals surface area (Å²) < 4.78 is 66.7. The molecule has 1 heterocycles. The third kappa shape index (κ3) is 3.59. The van der Waals surface area contributed by atoms with Crippen LogP contribution in [-0.2, 0) is 9.59 Å². The fourth-order valence-electron chi connectivity index (χ4n) is 2.40. The molecule has 0 saturated carbocycles. The third-order valence-corrected chi connectivity index (χ3v) is 3.61. The van der Waals surface area contributed by atoms with Gasteiger partial charge in [-0.3, -0.25) is 9.59 Å². The minimum Gasteiger partial charge on any atom is -0.345 e. The topological polar surface area (TPSA) is 49.4 Å². The lowest BCUT2D eigenvalue weighted by atomic mass is 10.0. The maximum Gasteiger partial charge on any atom is 0.413 e. The van der Waals surface area contributed by atoms with Gasteiger partial charge >= 0.3 is 6.18 Å². The van der Waals surface area contributed by atoms with Crippen LogP contribution < -0.4 is 5.32 Å². The molecule has 2 amide bonds. The first kappa shape index (κ1) is 17.2. The predicted molar refractivity (Wildman–Crippen MR) is 69.0 cm³/mol. The highest BCUT2D eigenvalue weighted by molar-refractivity contribution is 5.89. The molecule has 4 nitrogen and oxygen atoms in total. The SMILES string of the molecule is CN1C[C@@H](C(=O)N[C@@H](c2c(F)cccc2F)C(F)(F)F)CC1=O. The Balaban J connectivity index is 2.28. The van der Waals surface area contributed by atoms with E-state index in [4.69, 9.17) is 0 Å². The number of rotatable bonds is 3. The maximum atomic E-state index is 13.6. The van der Waals surface area contributed by atoms with Crippen LogP contribution in [-0.4, -0.2) is 36.5 Å². The van der Waals surface area contributed by atoms with E-state index in [1.54, 1.807) is 5.32 Å². The third-order valence-electron chi connectivity index (χ3n) is 3.61. The largest absolute Gasteiger partial charge is 0.413 e. The second-order valence-corrected chi connectivity index (χ2v) is 5.29. The Bertz CT molecular complexity index is 612. The van der Waals surface area contributed by atoms with Gasteiger partial charge in [-0.05, 0) is 12.1 Å². The summed E-state index contributed by atoms with van der Waals surface area (Å²) >= 11 is 0. The summed E-state index contributed by atoms with van der Waals surface area (Å²) in [6, 6.07) is -0.544. The van der Waals surface area contributed by atoms with E-state index in [9.17, 15) is 31.5 Å². The molecule has 1 aromatic rings. The van der Waals surface area contributed by atoms with Crippen LogP contribution in [0.25, 0.3) is 0 Å². The van der Waals surface area contributed by atoms with E-state index in [2.05, 4.69) is 0 Å². The van der Waals surface area contributed by atoms with Gasteiger partial charge < -0.3 is 10.2 Å². The first-order chi connectivity index (χ1) is 10.6. The van der Waals surface area contributed by atoms with Crippen molar-refractivity contribution in [1.29, 1.82) is 0 Å². The first-order valence-electron chi connectivity index (χ1n) is 6.66. The molecule has 0 aromatic heterocycles. The van der Waals surface area contributed by atoms with Gasteiger partial charge in [0, 0.05) is 20.0 Å². The number of likely N-dealkylation sites (tertiary alicyclic amines) is 1. The molecule has 0 spiro atoms. The molecule has 2 atom stereocenters. The lowest BCUT2D eigenvalue weighted by Crippen LogP contribution is -2.42. The Hall–Kier alpha value is -2.19. The number of nitrogens with zero attached hydrogens (tertiary/aromatic N) is 1. The van der Waals surface area contributed by atoms with E-state index in [1.165, 1.54) is 11.9 Å². The zero-order valence-corrected chi connectivity index (χ0v) is 12.0.